The van der Waals surface area contributed by atoms with Gasteiger partial charge in [-0.25, -0.2) is 21.6 Å². The molecule has 3 aromatic carbocycles. The number of nitrogens with one attached hydrogen (secondary N) is 3. The Hall–Kier alpha value is -3.45. The summed E-state index contributed by atoms with van der Waals surface area (Å²) in [5, 5.41) is 9.45. The monoisotopic (exact) mass is 644 g/mol. The third kappa shape index (κ3) is 8.23. The Labute approximate surface area is 262 Å². The average Bonchev–Trinajstić information content (AvgIpc) is 3.01. The van der Waals surface area contributed by atoms with E-state index < -0.39 is 39.6 Å². The molecule has 3 atom stereocenters. The number of sulfonamides is 1. The highest BCUT2D eigenvalue weighted by molar-refractivity contribution is 7.89. The van der Waals surface area contributed by atoms with E-state index >= 15 is 4.39 Å². The van der Waals surface area contributed by atoms with Gasteiger partial charge in [0.1, 0.15) is 23.5 Å². The standard InChI is InChI=1S/C33H39F3N4O4S/c1-22-20-37-21-27(40(22)45(42,43)28-6-3-2-4-7-28)10-11-29-30(36)8-5-9-31(29)39-32(18-23-16-24(34)19-25(35)17-23)33(41)38-26-12-14-44-15-13-26/h2-9,16-17,19,22,26-27,32,37,39H,10-15,18,20-21H2,1H3,(H,38,41)/t22-,27-,32-/m0/s1. The van der Waals surface area contributed by atoms with Crippen molar-refractivity contribution in [3.05, 3.63) is 95.3 Å². The molecular weight excluding hydrogens is 605 g/mol. The van der Waals surface area contributed by atoms with Gasteiger partial charge in [0.25, 0.3) is 0 Å². The fourth-order valence-electron chi connectivity index (χ4n) is 6.14. The van der Waals surface area contributed by atoms with Crippen LogP contribution in [0.1, 0.15) is 37.3 Å². The number of anilines is 1. The Morgan fingerprint density at radius 3 is 2.42 bits per heavy atom. The number of carbonyl (C=O) groups excluding carboxylic acids is 1. The van der Waals surface area contributed by atoms with Crippen molar-refractivity contribution in [2.75, 3.05) is 31.6 Å². The second-order valence-corrected chi connectivity index (χ2v) is 13.5. The molecule has 2 aliphatic heterocycles. The maximum absolute atomic E-state index is 15.4. The Morgan fingerprint density at radius 2 is 1.71 bits per heavy atom. The van der Waals surface area contributed by atoms with Crippen LogP contribution in [0.5, 0.6) is 0 Å². The molecule has 2 saturated heterocycles. The van der Waals surface area contributed by atoms with E-state index in [1.165, 1.54) is 28.6 Å². The van der Waals surface area contributed by atoms with Gasteiger partial charge in [-0.3, -0.25) is 4.79 Å². The van der Waals surface area contributed by atoms with Gasteiger partial charge in [0.15, 0.2) is 0 Å². The fraction of sp³-hybridized carbons (Fsp3) is 0.424. The van der Waals surface area contributed by atoms with Crippen LogP contribution < -0.4 is 16.0 Å². The predicted molar refractivity (Wildman–Crippen MR) is 166 cm³/mol. The molecule has 2 heterocycles. The van der Waals surface area contributed by atoms with Gasteiger partial charge in [0.05, 0.1) is 4.90 Å². The summed E-state index contributed by atoms with van der Waals surface area (Å²) >= 11 is 0. The van der Waals surface area contributed by atoms with Crippen LogP contribution in [0.4, 0.5) is 18.9 Å². The number of piperazine rings is 1. The number of benzene rings is 3. The highest BCUT2D eigenvalue weighted by Gasteiger charge is 2.38. The average molecular weight is 645 g/mol. The number of nitrogens with zero attached hydrogens (tertiary/aromatic N) is 1. The van der Waals surface area contributed by atoms with Gasteiger partial charge in [-0.05, 0) is 74.6 Å². The van der Waals surface area contributed by atoms with E-state index in [2.05, 4.69) is 16.0 Å². The maximum atomic E-state index is 15.4. The first-order valence-electron chi connectivity index (χ1n) is 15.3. The molecule has 2 aliphatic rings. The molecule has 1 amide bonds. The first-order chi connectivity index (χ1) is 21.6. The summed E-state index contributed by atoms with van der Waals surface area (Å²) in [5.74, 6) is -2.40. The quantitative estimate of drug-likeness (QED) is 0.286. The summed E-state index contributed by atoms with van der Waals surface area (Å²) in [5.41, 5.74) is 0.921. The van der Waals surface area contributed by atoms with Crippen LogP contribution in [0, 0.1) is 17.5 Å². The van der Waals surface area contributed by atoms with E-state index in [0.29, 0.717) is 56.8 Å². The first-order valence-corrected chi connectivity index (χ1v) is 16.7. The van der Waals surface area contributed by atoms with Crippen molar-refractivity contribution in [3.8, 4) is 0 Å². The van der Waals surface area contributed by atoms with E-state index in [4.69, 9.17) is 4.74 Å². The molecular formula is C33H39F3N4O4S. The zero-order chi connectivity index (χ0) is 32.0. The smallest absolute Gasteiger partial charge is 0.243 e. The Bertz CT molecular complexity index is 1550. The molecule has 0 unspecified atom stereocenters. The third-order valence-electron chi connectivity index (χ3n) is 8.36. The third-order valence-corrected chi connectivity index (χ3v) is 10.4. The molecule has 242 valence electrons. The lowest BCUT2D eigenvalue weighted by Gasteiger charge is -2.40. The number of ether oxygens (including phenoxy) is 1. The number of rotatable bonds is 11. The van der Waals surface area contributed by atoms with Crippen LogP contribution in [0.15, 0.2) is 71.6 Å². The van der Waals surface area contributed by atoms with Gasteiger partial charge in [0, 0.05) is 68.2 Å². The lowest BCUT2D eigenvalue weighted by molar-refractivity contribution is -0.123. The number of halogens is 3. The highest BCUT2D eigenvalue weighted by atomic mass is 32.2. The van der Waals surface area contributed by atoms with Crippen molar-refractivity contribution >= 4 is 21.6 Å². The molecule has 0 aliphatic carbocycles. The van der Waals surface area contributed by atoms with Crippen LogP contribution in [0.2, 0.25) is 0 Å². The van der Waals surface area contributed by atoms with Crippen molar-refractivity contribution < 1.29 is 31.1 Å². The minimum Gasteiger partial charge on any atom is -0.381 e. The van der Waals surface area contributed by atoms with Crippen molar-refractivity contribution in [3.63, 3.8) is 0 Å². The second kappa shape index (κ2) is 14.8. The van der Waals surface area contributed by atoms with Crippen LogP contribution in [-0.2, 0) is 32.4 Å². The molecule has 0 aromatic heterocycles. The van der Waals surface area contributed by atoms with Crippen LogP contribution >= 0.6 is 0 Å². The summed E-state index contributed by atoms with van der Waals surface area (Å²) in [6, 6.07) is 14.0. The second-order valence-electron chi connectivity index (χ2n) is 11.7. The zero-order valence-electron chi connectivity index (χ0n) is 25.1. The number of hydrogen-bond acceptors (Lipinski definition) is 6. The number of hydrogen-bond donors (Lipinski definition) is 3. The minimum absolute atomic E-state index is 0.0488. The van der Waals surface area contributed by atoms with Gasteiger partial charge in [-0.15, -0.1) is 0 Å². The van der Waals surface area contributed by atoms with Gasteiger partial charge >= 0.3 is 0 Å². The van der Waals surface area contributed by atoms with Gasteiger partial charge in [-0.2, -0.15) is 4.31 Å². The summed E-state index contributed by atoms with van der Waals surface area (Å²) in [6.45, 7) is 3.75. The molecule has 3 N–H and O–H groups in total. The van der Waals surface area contributed by atoms with Gasteiger partial charge in [0.2, 0.25) is 15.9 Å². The first kappa shape index (κ1) is 32.9. The van der Waals surface area contributed by atoms with Crippen LogP contribution in [0.25, 0.3) is 0 Å². The summed E-state index contributed by atoms with van der Waals surface area (Å²) in [7, 11) is -3.81. The molecule has 8 nitrogen and oxygen atoms in total. The Balaban J connectivity index is 1.38. The molecule has 3 aromatic rings. The van der Waals surface area contributed by atoms with Crippen molar-refractivity contribution in [2.24, 2.45) is 0 Å². The van der Waals surface area contributed by atoms with E-state index in [-0.39, 0.29) is 41.3 Å². The van der Waals surface area contributed by atoms with E-state index in [1.54, 1.807) is 36.4 Å². The van der Waals surface area contributed by atoms with E-state index in [1.807, 2.05) is 6.92 Å². The molecule has 0 radical (unpaired) electrons. The topological polar surface area (TPSA) is 99.8 Å². The summed E-state index contributed by atoms with van der Waals surface area (Å²) in [4.78, 5) is 13.7. The molecule has 0 bridgehead atoms. The molecule has 0 spiro atoms. The van der Waals surface area contributed by atoms with Crippen molar-refractivity contribution in [1.29, 1.82) is 0 Å². The normalized spacial score (nSPS) is 20.4. The highest BCUT2D eigenvalue weighted by Crippen LogP contribution is 2.28. The lowest BCUT2D eigenvalue weighted by Crippen LogP contribution is -2.58. The predicted octanol–water partition coefficient (Wildman–Crippen LogP) is 4.41. The van der Waals surface area contributed by atoms with Gasteiger partial charge < -0.3 is 20.7 Å². The molecule has 0 saturated carbocycles. The van der Waals surface area contributed by atoms with E-state index in [0.717, 1.165) is 6.07 Å². The van der Waals surface area contributed by atoms with Gasteiger partial charge in [-0.1, -0.05) is 24.3 Å². The molecule has 5 rings (SSSR count). The van der Waals surface area contributed by atoms with Crippen molar-refractivity contribution in [1.82, 2.24) is 14.9 Å². The largest absolute Gasteiger partial charge is 0.381 e. The van der Waals surface area contributed by atoms with Crippen molar-refractivity contribution in [2.45, 2.75) is 68.1 Å². The maximum Gasteiger partial charge on any atom is 0.243 e. The SMILES string of the molecule is C[C@H]1CNC[C@H](CCc2c(F)cccc2N[C@@H](Cc2cc(F)cc(F)c2)C(=O)NC2CCOCC2)N1S(=O)(=O)c1ccccc1. The number of amides is 1. The summed E-state index contributed by atoms with van der Waals surface area (Å²) < 4.78 is 77.8. The molecule has 12 heteroatoms. The Morgan fingerprint density at radius 1 is 1.00 bits per heavy atom. The van der Waals surface area contributed by atoms with Crippen LogP contribution in [0.3, 0.4) is 0 Å². The minimum atomic E-state index is -3.81. The van der Waals surface area contributed by atoms with E-state index in [9.17, 15) is 22.0 Å². The molecule has 2 fully saturated rings. The van der Waals surface area contributed by atoms with Crippen LogP contribution in [-0.4, -0.2) is 69.1 Å². The lowest BCUT2D eigenvalue weighted by atomic mass is 9.99. The fourth-order valence-corrected chi connectivity index (χ4v) is 8.00. The Kier molecular flexibility index (Phi) is 10.8. The number of carbonyl (C=O) groups is 1. The summed E-state index contributed by atoms with van der Waals surface area (Å²) in [6.07, 6.45) is 1.71. The molecule has 45 heavy (non-hydrogen) atoms. The zero-order valence-corrected chi connectivity index (χ0v) is 26.0.